The molecular weight excluding hydrogens is 249 g/mol. The quantitative estimate of drug-likeness (QED) is 0.798. The third-order valence-electron chi connectivity index (χ3n) is 3.05. The molecule has 1 fully saturated rings. The molecule has 1 atom stereocenters. The number of methoxy groups -OCH3 is 1. The van der Waals surface area contributed by atoms with E-state index in [0.29, 0.717) is 17.4 Å². The number of ether oxygens (including phenoxy) is 2. The third-order valence-corrected chi connectivity index (χ3v) is 3.05. The number of esters is 1. The molecular formula is C14H18FNO3. The topological polar surface area (TPSA) is 47.6 Å². The molecule has 0 amide bonds. The summed E-state index contributed by atoms with van der Waals surface area (Å²) < 4.78 is 23.4. The molecule has 0 aromatic heterocycles. The summed E-state index contributed by atoms with van der Waals surface area (Å²) in [6.07, 6.45) is 2.15. The molecule has 4 nitrogen and oxygen atoms in total. The highest BCUT2D eigenvalue weighted by atomic mass is 19.1. The lowest BCUT2D eigenvalue weighted by atomic mass is 10.2. The van der Waals surface area contributed by atoms with Crippen LogP contribution >= 0.6 is 0 Å². The number of rotatable bonds is 6. The Bertz CT molecular complexity index is 460. The molecule has 1 aromatic rings. The first-order valence-electron chi connectivity index (χ1n) is 6.33. The molecule has 1 unspecified atom stereocenters. The maximum Gasteiger partial charge on any atom is 0.326 e. The number of hydrogen-bond donors (Lipinski definition) is 1. The number of halogens is 1. The summed E-state index contributed by atoms with van der Waals surface area (Å²) in [7, 11) is 1.35. The second kappa shape index (κ2) is 6.02. The maximum absolute atomic E-state index is 13.1. The van der Waals surface area contributed by atoms with Crippen LogP contribution in [0.25, 0.3) is 0 Å². The van der Waals surface area contributed by atoms with E-state index in [1.807, 2.05) is 0 Å². The van der Waals surface area contributed by atoms with Gasteiger partial charge in [-0.3, -0.25) is 10.1 Å². The van der Waals surface area contributed by atoms with Gasteiger partial charge in [-0.2, -0.15) is 0 Å². The lowest BCUT2D eigenvalue weighted by Crippen LogP contribution is -2.43. The highest BCUT2D eigenvalue weighted by Gasteiger charge is 2.29. The molecule has 0 saturated heterocycles. The first-order valence-corrected chi connectivity index (χ1v) is 6.33. The second-order valence-electron chi connectivity index (χ2n) is 4.74. The van der Waals surface area contributed by atoms with Gasteiger partial charge in [0.25, 0.3) is 0 Å². The minimum absolute atomic E-state index is 0.175. The van der Waals surface area contributed by atoms with Gasteiger partial charge in [0.05, 0.1) is 7.11 Å². The summed E-state index contributed by atoms with van der Waals surface area (Å²) in [6.45, 7) is 1.84. The number of hydrogen-bond acceptors (Lipinski definition) is 4. The van der Waals surface area contributed by atoms with E-state index in [1.165, 1.54) is 13.2 Å². The Morgan fingerprint density at radius 2 is 2.26 bits per heavy atom. The molecule has 2 rings (SSSR count). The molecule has 19 heavy (non-hydrogen) atoms. The average molecular weight is 267 g/mol. The Morgan fingerprint density at radius 3 is 2.84 bits per heavy atom. The molecule has 1 N–H and O–H groups in total. The number of nitrogens with one attached hydrogen (secondary N) is 1. The Balaban J connectivity index is 1.93. The van der Waals surface area contributed by atoms with Gasteiger partial charge in [-0.05, 0) is 43.5 Å². The largest absolute Gasteiger partial charge is 0.491 e. The summed E-state index contributed by atoms with van der Waals surface area (Å²) in [5, 5.41) is 3.16. The van der Waals surface area contributed by atoms with Gasteiger partial charge < -0.3 is 9.47 Å². The van der Waals surface area contributed by atoms with Crippen LogP contribution in [0.5, 0.6) is 5.75 Å². The van der Waals surface area contributed by atoms with Crippen LogP contribution in [0.15, 0.2) is 18.2 Å². The summed E-state index contributed by atoms with van der Waals surface area (Å²) in [5.74, 6) is -0.0656. The lowest BCUT2D eigenvalue weighted by Gasteiger charge is -2.17. The normalized spacial score (nSPS) is 15.9. The second-order valence-corrected chi connectivity index (χ2v) is 4.74. The zero-order valence-electron chi connectivity index (χ0n) is 11.1. The highest BCUT2D eigenvalue weighted by molar-refractivity contribution is 5.75. The van der Waals surface area contributed by atoms with E-state index in [1.54, 1.807) is 19.1 Å². The smallest absolute Gasteiger partial charge is 0.326 e. The Morgan fingerprint density at radius 1 is 1.53 bits per heavy atom. The predicted octanol–water partition coefficient (Wildman–Crippen LogP) is 1.81. The molecule has 1 aromatic carbocycles. The van der Waals surface area contributed by atoms with Gasteiger partial charge in [-0.1, -0.05) is 0 Å². The van der Waals surface area contributed by atoms with Crippen LogP contribution in [-0.4, -0.2) is 31.8 Å². The maximum atomic E-state index is 13.1. The Labute approximate surface area is 111 Å². The van der Waals surface area contributed by atoms with Crippen LogP contribution in [0, 0.1) is 12.7 Å². The zero-order valence-corrected chi connectivity index (χ0v) is 11.1. The van der Waals surface area contributed by atoms with Crippen molar-refractivity contribution < 1.29 is 18.7 Å². The minimum Gasteiger partial charge on any atom is -0.491 e. The van der Waals surface area contributed by atoms with Crippen molar-refractivity contribution in [1.82, 2.24) is 5.32 Å². The first kappa shape index (κ1) is 13.8. The first-order chi connectivity index (χ1) is 9.10. The van der Waals surface area contributed by atoms with Crippen LogP contribution in [-0.2, 0) is 9.53 Å². The van der Waals surface area contributed by atoms with Crippen molar-refractivity contribution in [3.63, 3.8) is 0 Å². The van der Waals surface area contributed by atoms with Gasteiger partial charge in [-0.25, -0.2) is 4.39 Å². The molecule has 0 bridgehead atoms. The van der Waals surface area contributed by atoms with Crippen LogP contribution in [0.1, 0.15) is 18.4 Å². The number of benzene rings is 1. The molecule has 0 spiro atoms. The average Bonchev–Trinajstić information content (AvgIpc) is 3.21. The Kier molecular flexibility index (Phi) is 4.37. The van der Waals surface area contributed by atoms with E-state index < -0.39 is 6.04 Å². The standard InChI is InChI=1S/C14H18FNO3/c1-9-7-11(5-6-12(9)15)19-8-13(14(17)18-2)16-10-3-4-10/h5-7,10,13,16H,3-4,8H2,1-2H3. The molecule has 0 aliphatic heterocycles. The monoisotopic (exact) mass is 267 g/mol. The molecule has 1 saturated carbocycles. The van der Waals surface area contributed by atoms with Crippen molar-refractivity contribution >= 4 is 5.97 Å². The van der Waals surface area contributed by atoms with Gasteiger partial charge in [0, 0.05) is 6.04 Å². The fourth-order valence-electron chi connectivity index (χ4n) is 1.75. The van der Waals surface area contributed by atoms with E-state index in [4.69, 9.17) is 9.47 Å². The van der Waals surface area contributed by atoms with Crippen LogP contribution in [0.3, 0.4) is 0 Å². The van der Waals surface area contributed by atoms with Crippen molar-refractivity contribution in [3.8, 4) is 5.75 Å². The van der Waals surface area contributed by atoms with E-state index >= 15 is 0 Å². The van der Waals surface area contributed by atoms with Gasteiger partial charge in [0.1, 0.15) is 24.2 Å². The van der Waals surface area contributed by atoms with Gasteiger partial charge in [0.15, 0.2) is 0 Å². The van der Waals surface area contributed by atoms with Crippen molar-refractivity contribution in [2.24, 2.45) is 0 Å². The highest BCUT2D eigenvalue weighted by Crippen LogP contribution is 2.20. The summed E-state index contributed by atoms with van der Waals surface area (Å²) >= 11 is 0. The molecule has 1 aliphatic rings. The van der Waals surface area contributed by atoms with E-state index in [2.05, 4.69) is 5.32 Å². The SMILES string of the molecule is COC(=O)C(COc1ccc(F)c(C)c1)NC1CC1. The summed E-state index contributed by atoms with van der Waals surface area (Å²) in [4.78, 5) is 11.6. The molecule has 104 valence electrons. The van der Waals surface area contributed by atoms with E-state index in [0.717, 1.165) is 12.8 Å². The van der Waals surface area contributed by atoms with Crippen molar-refractivity contribution in [2.45, 2.75) is 31.8 Å². The van der Waals surface area contributed by atoms with Crippen molar-refractivity contribution in [2.75, 3.05) is 13.7 Å². The van der Waals surface area contributed by atoms with E-state index in [-0.39, 0.29) is 18.4 Å². The lowest BCUT2D eigenvalue weighted by molar-refractivity contribution is -0.144. The van der Waals surface area contributed by atoms with Crippen LogP contribution in [0.4, 0.5) is 4.39 Å². The van der Waals surface area contributed by atoms with Gasteiger partial charge in [0.2, 0.25) is 0 Å². The fraction of sp³-hybridized carbons (Fsp3) is 0.500. The Hall–Kier alpha value is -1.62. The number of carbonyl (C=O) groups is 1. The summed E-state index contributed by atoms with van der Waals surface area (Å²) in [6, 6.07) is 4.41. The van der Waals surface area contributed by atoms with Crippen molar-refractivity contribution in [1.29, 1.82) is 0 Å². The molecule has 5 heteroatoms. The fourth-order valence-corrected chi connectivity index (χ4v) is 1.75. The summed E-state index contributed by atoms with van der Waals surface area (Å²) in [5.41, 5.74) is 0.516. The third kappa shape index (κ3) is 3.92. The number of aryl methyl sites for hydroxylation is 1. The van der Waals surface area contributed by atoms with Crippen LogP contribution < -0.4 is 10.1 Å². The minimum atomic E-state index is -0.483. The molecule has 0 radical (unpaired) electrons. The molecule has 1 aliphatic carbocycles. The van der Waals surface area contributed by atoms with Crippen molar-refractivity contribution in [3.05, 3.63) is 29.6 Å². The predicted molar refractivity (Wildman–Crippen MR) is 68.6 cm³/mol. The molecule has 0 heterocycles. The zero-order chi connectivity index (χ0) is 13.8. The van der Waals surface area contributed by atoms with Gasteiger partial charge in [-0.15, -0.1) is 0 Å². The number of carbonyl (C=O) groups excluding carboxylic acids is 1. The van der Waals surface area contributed by atoms with Gasteiger partial charge >= 0.3 is 5.97 Å². The van der Waals surface area contributed by atoms with E-state index in [9.17, 15) is 9.18 Å². The van der Waals surface area contributed by atoms with Crippen LogP contribution in [0.2, 0.25) is 0 Å².